The summed E-state index contributed by atoms with van der Waals surface area (Å²) in [5, 5.41) is 43.2. The number of nitrogens with one attached hydrogen (secondary N) is 2. The summed E-state index contributed by atoms with van der Waals surface area (Å²) < 4.78 is 5.14. The molecule has 0 spiro atoms. The summed E-state index contributed by atoms with van der Waals surface area (Å²) in [5.74, 6) is 0. The zero-order valence-electron chi connectivity index (χ0n) is 15.3. The van der Waals surface area contributed by atoms with Crippen molar-refractivity contribution in [2.75, 3.05) is 11.9 Å². The van der Waals surface area contributed by atoms with E-state index in [0.717, 1.165) is 5.39 Å². The Kier molecular flexibility index (Phi) is 5.31. The van der Waals surface area contributed by atoms with Gasteiger partial charge in [0.15, 0.2) is 6.29 Å². The molecule has 0 radical (unpaired) electrons. The number of ether oxygens (including phenoxy) is 1. The van der Waals surface area contributed by atoms with Gasteiger partial charge in [0.1, 0.15) is 24.4 Å². The van der Waals surface area contributed by atoms with E-state index < -0.39 is 37.3 Å². The van der Waals surface area contributed by atoms with Crippen molar-refractivity contribution in [3.8, 4) is 11.3 Å². The molecule has 152 valence electrons. The van der Waals surface area contributed by atoms with Gasteiger partial charge in [0.05, 0.1) is 23.4 Å². The largest absolute Gasteiger partial charge is 0.394 e. The summed E-state index contributed by atoms with van der Waals surface area (Å²) in [5.41, 5.74) is 1.77. The van der Waals surface area contributed by atoms with Crippen LogP contribution in [0.25, 0.3) is 22.2 Å². The summed E-state index contributed by atoms with van der Waals surface area (Å²) in [7, 11) is 0. The van der Waals surface area contributed by atoms with Crippen LogP contribution in [0.3, 0.4) is 0 Å². The van der Waals surface area contributed by atoms with Crippen molar-refractivity contribution in [2.24, 2.45) is 0 Å². The van der Waals surface area contributed by atoms with Crippen molar-refractivity contribution in [1.82, 2.24) is 9.97 Å². The number of aliphatic hydroxyl groups excluding tert-OH is 4. The lowest BCUT2D eigenvalue weighted by Gasteiger charge is -2.40. The zero-order valence-corrected chi connectivity index (χ0v) is 15.3. The minimum absolute atomic E-state index is 0.296. The van der Waals surface area contributed by atoms with E-state index >= 15 is 0 Å². The van der Waals surface area contributed by atoms with Gasteiger partial charge in [-0.3, -0.25) is 9.78 Å². The van der Waals surface area contributed by atoms with Crippen molar-refractivity contribution >= 4 is 16.6 Å². The van der Waals surface area contributed by atoms with Gasteiger partial charge in [-0.05, 0) is 35.7 Å². The van der Waals surface area contributed by atoms with Crippen LogP contribution in [-0.4, -0.2) is 67.6 Å². The molecule has 0 saturated carbocycles. The van der Waals surface area contributed by atoms with Gasteiger partial charge in [0.25, 0.3) is 5.56 Å². The number of benzene rings is 1. The smallest absolute Gasteiger partial charge is 0.257 e. The molecule has 5 atom stereocenters. The molecular weight excluding hydrogens is 378 g/mol. The Labute approximate surface area is 165 Å². The van der Waals surface area contributed by atoms with E-state index in [1.54, 1.807) is 48.7 Å². The number of rotatable bonds is 4. The highest BCUT2D eigenvalue weighted by Gasteiger charge is 2.43. The first-order chi connectivity index (χ1) is 14.0. The van der Waals surface area contributed by atoms with E-state index in [-0.39, 0.29) is 5.56 Å². The summed E-state index contributed by atoms with van der Waals surface area (Å²) in [4.78, 5) is 19.5. The van der Waals surface area contributed by atoms with E-state index in [1.807, 2.05) is 0 Å². The Morgan fingerprint density at radius 2 is 1.93 bits per heavy atom. The average molecular weight is 399 g/mol. The van der Waals surface area contributed by atoms with Crippen molar-refractivity contribution in [3.05, 3.63) is 59.0 Å². The minimum Gasteiger partial charge on any atom is -0.394 e. The molecule has 2 aromatic heterocycles. The van der Waals surface area contributed by atoms with Crippen LogP contribution in [0.4, 0.5) is 5.69 Å². The number of hydrogen-bond acceptors (Lipinski definition) is 8. The Morgan fingerprint density at radius 3 is 2.66 bits per heavy atom. The first-order valence-electron chi connectivity index (χ1n) is 9.13. The quantitative estimate of drug-likeness (QED) is 0.353. The maximum absolute atomic E-state index is 12.5. The first-order valence-corrected chi connectivity index (χ1v) is 9.13. The molecule has 1 fully saturated rings. The molecule has 1 aliphatic heterocycles. The Hall–Kier alpha value is -2.82. The molecule has 3 aromatic rings. The van der Waals surface area contributed by atoms with Gasteiger partial charge >= 0.3 is 0 Å². The maximum Gasteiger partial charge on any atom is 0.257 e. The van der Waals surface area contributed by atoms with Crippen LogP contribution in [0, 0.1) is 0 Å². The van der Waals surface area contributed by atoms with Gasteiger partial charge in [-0.1, -0.05) is 12.1 Å². The van der Waals surface area contributed by atoms with Gasteiger partial charge < -0.3 is 35.5 Å². The third-order valence-corrected chi connectivity index (χ3v) is 5.02. The van der Waals surface area contributed by atoms with Crippen LogP contribution in [0.15, 0.2) is 53.5 Å². The molecule has 4 rings (SSSR count). The second-order valence-corrected chi connectivity index (χ2v) is 6.93. The SMILES string of the molecule is O=c1[nH]c2cc(N[C@@H]3C(O)OC(CO)[C@@H](O)C3O)ccc2cc1-c1ccccn1. The summed E-state index contributed by atoms with van der Waals surface area (Å²) in [6, 6.07) is 11.2. The molecule has 1 aromatic carbocycles. The molecule has 3 unspecified atom stereocenters. The van der Waals surface area contributed by atoms with Gasteiger partial charge in [-0.15, -0.1) is 0 Å². The van der Waals surface area contributed by atoms with E-state index in [2.05, 4.69) is 15.3 Å². The lowest BCUT2D eigenvalue weighted by atomic mass is 9.96. The molecule has 9 heteroatoms. The number of H-pyrrole nitrogens is 1. The van der Waals surface area contributed by atoms with Gasteiger partial charge in [0, 0.05) is 11.9 Å². The average Bonchev–Trinajstić information content (AvgIpc) is 2.73. The van der Waals surface area contributed by atoms with Crippen molar-refractivity contribution in [3.63, 3.8) is 0 Å². The number of aromatic amines is 1. The second-order valence-electron chi connectivity index (χ2n) is 6.93. The highest BCUT2D eigenvalue weighted by atomic mass is 16.6. The Balaban J connectivity index is 1.62. The van der Waals surface area contributed by atoms with Gasteiger partial charge in [-0.2, -0.15) is 0 Å². The monoisotopic (exact) mass is 399 g/mol. The van der Waals surface area contributed by atoms with Crippen LogP contribution in [0.2, 0.25) is 0 Å². The van der Waals surface area contributed by atoms with Crippen LogP contribution < -0.4 is 10.9 Å². The fraction of sp³-hybridized carbons (Fsp3) is 0.300. The standard InChI is InChI=1S/C20H21N3O6/c24-9-15-17(25)18(26)16(20(28)29-15)22-11-5-4-10-7-12(13-3-1-2-6-21-13)19(27)23-14(10)8-11/h1-8,15-18,20,22,24-26,28H,9H2,(H,23,27)/t15?,16-,17+,18?,20?/m0/s1. The molecule has 0 amide bonds. The molecule has 1 saturated heterocycles. The molecule has 9 nitrogen and oxygen atoms in total. The molecule has 0 bridgehead atoms. The fourth-order valence-corrected chi connectivity index (χ4v) is 3.45. The van der Waals surface area contributed by atoms with Crippen molar-refractivity contribution in [2.45, 2.75) is 30.6 Å². The zero-order chi connectivity index (χ0) is 20.5. The van der Waals surface area contributed by atoms with E-state index in [0.29, 0.717) is 22.5 Å². The number of aliphatic hydroxyl groups is 4. The van der Waals surface area contributed by atoms with E-state index in [9.17, 15) is 20.1 Å². The maximum atomic E-state index is 12.5. The number of hydrogen-bond donors (Lipinski definition) is 6. The van der Waals surface area contributed by atoms with Gasteiger partial charge in [-0.25, -0.2) is 0 Å². The molecule has 6 N–H and O–H groups in total. The highest BCUT2D eigenvalue weighted by molar-refractivity contribution is 5.85. The number of nitrogens with zero attached hydrogens (tertiary/aromatic N) is 1. The van der Waals surface area contributed by atoms with Crippen LogP contribution in [0.5, 0.6) is 0 Å². The van der Waals surface area contributed by atoms with E-state index in [4.69, 9.17) is 9.84 Å². The Morgan fingerprint density at radius 1 is 1.10 bits per heavy atom. The van der Waals surface area contributed by atoms with Gasteiger partial charge in [0.2, 0.25) is 0 Å². The third-order valence-electron chi connectivity index (χ3n) is 5.02. The molecule has 3 heterocycles. The summed E-state index contributed by atoms with van der Waals surface area (Å²) >= 11 is 0. The molecule has 0 aliphatic carbocycles. The van der Waals surface area contributed by atoms with Crippen LogP contribution in [0.1, 0.15) is 0 Å². The van der Waals surface area contributed by atoms with E-state index in [1.165, 1.54) is 0 Å². The molecule has 29 heavy (non-hydrogen) atoms. The van der Waals surface area contributed by atoms with Crippen LogP contribution >= 0.6 is 0 Å². The lowest BCUT2D eigenvalue weighted by Crippen LogP contribution is -2.61. The Bertz CT molecular complexity index is 1060. The lowest BCUT2D eigenvalue weighted by molar-refractivity contribution is -0.245. The summed E-state index contributed by atoms with van der Waals surface area (Å²) in [6.07, 6.45) is -3.62. The highest BCUT2D eigenvalue weighted by Crippen LogP contribution is 2.25. The van der Waals surface area contributed by atoms with Crippen molar-refractivity contribution in [1.29, 1.82) is 0 Å². The number of pyridine rings is 2. The predicted octanol–water partition coefficient (Wildman–Crippen LogP) is -0.198. The first kappa shape index (κ1) is 19.5. The van der Waals surface area contributed by atoms with Crippen LogP contribution in [-0.2, 0) is 4.74 Å². The van der Waals surface area contributed by atoms with Crippen molar-refractivity contribution < 1.29 is 25.2 Å². The topological polar surface area (TPSA) is 148 Å². The summed E-state index contributed by atoms with van der Waals surface area (Å²) in [6.45, 7) is -0.530. The predicted molar refractivity (Wildman–Crippen MR) is 105 cm³/mol. The molecular formula is C20H21N3O6. The normalized spacial score (nSPS) is 27.1. The number of aromatic nitrogens is 2. The third kappa shape index (κ3) is 3.74. The minimum atomic E-state index is -1.44. The second kappa shape index (κ2) is 7.90. The molecule has 1 aliphatic rings. The fourth-order valence-electron chi connectivity index (χ4n) is 3.45. The number of fused-ring (bicyclic) bond motifs is 1. The number of anilines is 1.